The molecular weight excluding hydrogens is 1390 g/mol. The second-order valence-electron chi connectivity index (χ2n) is 33.5. The monoisotopic (exact) mass is 1500 g/mol. The summed E-state index contributed by atoms with van der Waals surface area (Å²) >= 11 is 0. The lowest BCUT2D eigenvalue weighted by Gasteiger charge is -2.71. The van der Waals surface area contributed by atoms with Gasteiger partial charge in [-0.3, -0.25) is 4.79 Å². The van der Waals surface area contributed by atoms with Crippen molar-refractivity contribution in [2.45, 2.75) is 329 Å². The molecule has 0 aromatic heterocycles. The van der Waals surface area contributed by atoms with Crippen LogP contribution in [0.5, 0.6) is 0 Å². The van der Waals surface area contributed by atoms with E-state index in [0.29, 0.717) is 44.9 Å². The first kappa shape index (κ1) is 80.9. The van der Waals surface area contributed by atoms with E-state index >= 15 is 4.79 Å². The molecule has 0 radical (unpaired) electrons. The molecule has 5 aliphatic carbocycles. The number of hydrogen-bond donors (Lipinski definition) is 19. The van der Waals surface area contributed by atoms with Crippen LogP contribution in [0, 0.1) is 50.2 Å². The van der Waals surface area contributed by atoms with Crippen molar-refractivity contribution in [3.05, 3.63) is 11.6 Å². The van der Waals surface area contributed by atoms with E-state index in [9.17, 15) is 102 Å². The Labute approximate surface area is 600 Å². The molecule has 596 valence electrons. The van der Waals surface area contributed by atoms with Crippen LogP contribution >= 0.6 is 0 Å². The summed E-state index contributed by atoms with van der Waals surface area (Å²) in [5.41, 5.74) is -3.51. The third-order valence-electron chi connectivity index (χ3n) is 26.5. The van der Waals surface area contributed by atoms with Crippen LogP contribution in [0.4, 0.5) is 0 Å². The van der Waals surface area contributed by atoms with Gasteiger partial charge in [-0.05, 0) is 116 Å². The Balaban J connectivity index is 0.785. The van der Waals surface area contributed by atoms with Crippen molar-refractivity contribution in [2.24, 2.45) is 50.2 Å². The van der Waals surface area contributed by atoms with E-state index in [2.05, 4.69) is 40.7 Å². The van der Waals surface area contributed by atoms with Gasteiger partial charge in [0, 0.05) is 0 Å². The molecule has 0 amide bonds. The molecule has 35 nitrogen and oxygen atoms in total. The van der Waals surface area contributed by atoms with Crippen molar-refractivity contribution >= 4 is 11.9 Å². The first-order valence-electron chi connectivity index (χ1n) is 36.4. The topological polar surface area (TPSA) is 548 Å². The Morgan fingerprint density at radius 2 is 1.00 bits per heavy atom. The van der Waals surface area contributed by atoms with Gasteiger partial charge in [0.2, 0.25) is 6.29 Å². The molecule has 104 heavy (non-hydrogen) atoms. The Hall–Kier alpha value is -2.56. The lowest BCUT2D eigenvalue weighted by atomic mass is 9.33. The number of carboxylic acids is 1. The van der Waals surface area contributed by atoms with E-state index in [4.69, 9.17) is 66.3 Å². The first-order valence-corrected chi connectivity index (χ1v) is 36.4. The van der Waals surface area contributed by atoms with Gasteiger partial charge in [-0.15, -0.1) is 0 Å². The molecule has 0 spiro atoms. The number of aliphatic carboxylic acids is 1. The minimum absolute atomic E-state index is 0.0407. The van der Waals surface area contributed by atoms with Gasteiger partial charge in [0.05, 0.1) is 50.8 Å². The summed E-state index contributed by atoms with van der Waals surface area (Å²) in [4.78, 5) is 28.6. The van der Waals surface area contributed by atoms with Crippen LogP contribution in [-0.4, -0.2) is 344 Å². The SMILES string of the molecule is C[C@@H]1O[C@H](O[C@H]2[C@H](O[C@H]3O[C@H](C)[C@@H](O[C@@H]4OC[C@@H](O)[C@@H](O[C@H]5OC[C@@H](O)[C@@H](O)[C@H]5O)[C@H]4O)[C@H](O)[C@H]3O)[C@@H](OC(=O)[C@]34CCC(C)(C)C[C@@H]3C3=CC[C@@H]5[C@@]6(C)CC[C@H](O[C@H]7O[C@H](C(=O)O)[C@@H](O)[C@@H](O[C@H]8O[C@@H](CO)[C@@H](O)[C@H](O)[C@@H]8O)[C@@H]7O)C(C)(C)[C@H]6CC[C@@]5(C)[C@@]3(C)C[C@H]4O)OC[C@H]2O)[C@@H](O)[C@@H](O)[C@H]1O. The van der Waals surface area contributed by atoms with Gasteiger partial charge in [0.25, 0.3) is 0 Å². The molecule has 7 heterocycles. The zero-order valence-corrected chi connectivity index (χ0v) is 59.7. The predicted octanol–water partition coefficient (Wildman–Crippen LogP) is -5.53. The molecule has 0 aromatic carbocycles. The maximum Gasteiger partial charge on any atom is 0.335 e. The molecule has 19 N–H and O–H groups in total. The van der Waals surface area contributed by atoms with Crippen LogP contribution < -0.4 is 0 Å². The second kappa shape index (κ2) is 30.2. The van der Waals surface area contributed by atoms with Crippen molar-refractivity contribution in [1.82, 2.24) is 0 Å². The minimum Gasteiger partial charge on any atom is -0.479 e. The normalized spacial score (nSPS) is 54.6. The third kappa shape index (κ3) is 13.9. The molecule has 0 bridgehead atoms. The smallest absolute Gasteiger partial charge is 0.335 e. The molecule has 12 aliphatic rings. The van der Waals surface area contributed by atoms with Crippen molar-refractivity contribution in [3.63, 3.8) is 0 Å². The third-order valence-corrected chi connectivity index (χ3v) is 26.5. The van der Waals surface area contributed by atoms with E-state index in [1.807, 2.05) is 13.8 Å². The number of fused-ring (bicyclic) bond motifs is 7. The first-order chi connectivity index (χ1) is 48.7. The molecule has 11 fully saturated rings. The van der Waals surface area contributed by atoms with Gasteiger partial charge >= 0.3 is 11.9 Å². The average molecular weight is 1500 g/mol. The van der Waals surface area contributed by atoms with Gasteiger partial charge in [0.15, 0.2) is 49.9 Å². The predicted molar refractivity (Wildman–Crippen MR) is 342 cm³/mol. The van der Waals surface area contributed by atoms with E-state index in [0.717, 1.165) is 5.57 Å². The summed E-state index contributed by atoms with van der Waals surface area (Å²) < 4.78 is 83.7. The maximum absolute atomic E-state index is 16.0. The quantitative estimate of drug-likeness (QED) is 0.0389. The summed E-state index contributed by atoms with van der Waals surface area (Å²) in [6.45, 7) is 15.3. The maximum atomic E-state index is 16.0. The highest BCUT2D eigenvalue weighted by Gasteiger charge is 2.73. The fourth-order valence-electron chi connectivity index (χ4n) is 20.1. The van der Waals surface area contributed by atoms with E-state index in [-0.39, 0.29) is 30.1 Å². The van der Waals surface area contributed by atoms with Gasteiger partial charge in [-0.1, -0.05) is 60.1 Å². The number of esters is 1. The highest BCUT2D eigenvalue weighted by Crippen LogP contribution is 2.76. The molecule has 35 heteroatoms. The van der Waals surface area contributed by atoms with Crippen LogP contribution in [-0.2, 0) is 75.9 Å². The van der Waals surface area contributed by atoms with Crippen LogP contribution in [0.1, 0.15) is 120 Å². The molecular formula is C69H110O35. The van der Waals surface area contributed by atoms with Gasteiger partial charge in [0.1, 0.15) is 134 Å². The van der Waals surface area contributed by atoms with Crippen LogP contribution in [0.25, 0.3) is 0 Å². The second-order valence-corrected chi connectivity index (χ2v) is 33.5. The average Bonchev–Trinajstić information content (AvgIpc) is 0.671. The zero-order valence-electron chi connectivity index (χ0n) is 59.7. The molecule has 0 unspecified atom stereocenters. The lowest BCUT2D eigenvalue weighted by Crippen LogP contribution is -2.69. The number of carbonyl (C=O) groups excluding carboxylic acids is 1. The minimum atomic E-state index is -2.10. The number of allylic oxidation sites excluding steroid dienone is 2. The number of rotatable bonds is 16. The Kier molecular flexibility index (Phi) is 23.5. The summed E-state index contributed by atoms with van der Waals surface area (Å²) in [6.07, 6.45) is -52.2. The fraction of sp³-hybridized carbons (Fsp3) is 0.942. The highest BCUT2D eigenvalue weighted by molar-refractivity contribution is 5.80. The number of aliphatic hydroxyl groups excluding tert-OH is 18. The van der Waals surface area contributed by atoms with E-state index < -0.39 is 280 Å². The Morgan fingerprint density at radius 3 is 1.65 bits per heavy atom. The lowest BCUT2D eigenvalue weighted by molar-refractivity contribution is -0.387. The molecule has 12 rings (SSSR count). The van der Waals surface area contributed by atoms with Gasteiger partial charge in [-0.25, -0.2) is 4.79 Å². The molecule has 0 aromatic rings. The number of ether oxygens (including phenoxy) is 14. The zero-order chi connectivity index (χ0) is 75.9. The summed E-state index contributed by atoms with van der Waals surface area (Å²) in [5.74, 6) is -3.30. The number of carboxylic acid groups (broad SMARTS) is 1. The van der Waals surface area contributed by atoms with Gasteiger partial charge < -0.3 is 163 Å². The Morgan fingerprint density at radius 1 is 0.471 bits per heavy atom. The highest BCUT2D eigenvalue weighted by atomic mass is 16.8. The molecule has 4 saturated carbocycles. The summed E-state index contributed by atoms with van der Waals surface area (Å²) in [5, 5.41) is 210. The number of aliphatic hydroxyl groups is 18. The van der Waals surface area contributed by atoms with E-state index in [1.54, 1.807) is 0 Å². The molecule has 7 saturated heterocycles. The van der Waals surface area contributed by atoms with E-state index in [1.165, 1.54) is 13.8 Å². The van der Waals surface area contributed by atoms with Crippen molar-refractivity contribution in [3.8, 4) is 0 Å². The van der Waals surface area contributed by atoms with Crippen molar-refractivity contribution in [1.29, 1.82) is 0 Å². The van der Waals surface area contributed by atoms with Crippen LogP contribution in [0.2, 0.25) is 0 Å². The molecule has 41 atom stereocenters. The van der Waals surface area contributed by atoms with Crippen LogP contribution in [0.3, 0.4) is 0 Å². The molecule has 7 aliphatic heterocycles. The standard InChI is InChI=1S/C69H110O35/c1-24-36(75)39(78)43(82)58(94-24)100-51-30(73)23-93-62(54(51)103-59-45(84)41(80)49(25(2)95-59)98-57-47(86)50(29(72)22-92-57)99-56-42(81)37(76)28(71)21-91-56)104-63(90)69-17-16-64(3,4)18-27(69)26-10-11-33-66(7)14-13-35(65(5,6)32(66)12-15-67(33,8)68(26,9)19-34(69)74)97-61-48(87)52(46(85)53(102-61)55(88)89)101-60-44(83)40(79)38(77)31(20-70)96-60/h10,24-25,27-54,56-62,70-87H,11-23H2,1-9H3,(H,88,89)/t24-,25+,27+,28+,29+,30+,31-,32+,33+,34+,35-,36-,37+,38+,39-,40-,41+,42+,43-,44-,45+,46-,47+,48-,49+,50+,51+,52+,53-,54-,56+,57-,58+,59+,60+,61-,62+,66-,67+,68-,69+/m0/s1. The summed E-state index contributed by atoms with van der Waals surface area (Å²) in [7, 11) is 0. The van der Waals surface area contributed by atoms with Crippen molar-refractivity contribution in [2.75, 3.05) is 26.4 Å². The number of hydrogen-bond acceptors (Lipinski definition) is 34. The number of carbonyl (C=O) groups is 2. The largest absolute Gasteiger partial charge is 0.479 e. The van der Waals surface area contributed by atoms with Crippen molar-refractivity contribution < 1.29 is 173 Å². The Bertz CT molecular complexity index is 3020. The summed E-state index contributed by atoms with van der Waals surface area (Å²) in [6, 6.07) is 0. The van der Waals surface area contributed by atoms with Gasteiger partial charge in [-0.2, -0.15) is 0 Å². The van der Waals surface area contributed by atoms with Crippen LogP contribution in [0.15, 0.2) is 11.6 Å². The fourth-order valence-corrected chi connectivity index (χ4v) is 20.1.